The fourth-order valence-electron chi connectivity index (χ4n) is 2.11. The molecule has 0 atom stereocenters. The highest BCUT2D eigenvalue weighted by molar-refractivity contribution is 5.93. The summed E-state index contributed by atoms with van der Waals surface area (Å²) in [5.74, 6) is 0.542. The number of nitrogens with two attached hydrogens (primary N) is 1. The van der Waals surface area contributed by atoms with Crippen LogP contribution in [0.4, 0.5) is 5.69 Å². The molecule has 106 valence electrons. The standard InChI is InChI=1S/C15H14N4O2/c1-2-19-9-8-18-14(15(19)20)21-12-6-5-11(16)13-10(12)4-3-7-17-13/h3-9H,2,16H2,1H3. The number of benzene rings is 1. The summed E-state index contributed by atoms with van der Waals surface area (Å²) in [6.07, 6.45) is 4.82. The number of anilines is 1. The fraction of sp³-hybridized carbons (Fsp3) is 0.133. The van der Waals surface area contributed by atoms with E-state index in [2.05, 4.69) is 9.97 Å². The van der Waals surface area contributed by atoms with E-state index in [0.717, 1.165) is 5.39 Å². The Morgan fingerprint density at radius 2 is 2.10 bits per heavy atom. The molecule has 0 bridgehead atoms. The minimum absolute atomic E-state index is 0.0364. The molecule has 0 saturated heterocycles. The molecule has 0 unspecified atom stereocenters. The lowest BCUT2D eigenvalue weighted by Crippen LogP contribution is -2.20. The number of nitrogens with zero attached hydrogens (tertiary/aromatic N) is 3. The van der Waals surface area contributed by atoms with E-state index < -0.39 is 0 Å². The topological polar surface area (TPSA) is 83.0 Å². The van der Waals surface area contributed by atoms with Crippen LogP contribution in [0.25, 0.3) is 10.9 Å². The van der Waals surface area contributed by atoms with E-state index in [-0.39, 0.29) is 11.4 Å². The second kappa shape index (κ2) is 5.24. The molecule has 0 aliphatic heterocycles. The number of hydrogen-bond acceptors (Lipinski definition) is 5. The predicted octanol–water partition coefficient (Wildman–Crippen LogP) is 2.19. The van der Waals surface area contributed by atoms with Crippen molar-refractivity contribution in [3.63, 3.8) is 0 Å². The van der Waals surface area contributed by atoms with Gasteiger partial charge in [0, 0.05) is 30.5 Å². The molecular weight excluding hydrogens is 268 g/mol. The number of nitrogen functional groups attached to an aromatic ring is 1. The van der Waals surface area contributed by atoms with Crippen LogP contribution >= 0.6 is 0 Å². The van der Waals surface area contributed by atoms with Gasteiger partial charge in [-0.05, 0) is 31.2 Å². The Hall–Kier alpha value is -2.89. The predicted molar refractivity (Wildman–Crippen MR) is 80.4 cm³/mol. The van der Waals surface area contributed by atoms with Crippen molar-refractivity contribution in [2.24, 2.45) is 0 Å². The number of hydrogen-bond donors (Lipinski definition) is 1. The summed E-state index contributed by atoms with van der Waals surface area (Å²) in [4.78, 5) is 20.4. The first-order valence-corrected chi connectivity index (χ1v) is 6.57. The first kappa shape index (κ1) is 13.1. The maximum absolute atomic E-state index is 12.1. The van der Waals surface area contributed by atoms with Gasteiger partial charge in [0.1, 0.15) is 5.75 Å². The molecule has 0 amide bonds. The monoisotopic (exact) mass is 282 g/mol. The van der Waals surface area contributed by atoms with Gasteiger partial charge in [-0.1, -0.05) is 0 Å². The summed E-state index contributed by atoms with van der Waals surface area (Å²) in [6.45, 7) is 2.44. The SMILES string of the molecule is CCn1ccnc(Oc2ccc(N)c3ncccc23)c1=O. The van der Waals surface area contributed by atoms with Gasteiger partial charge in [-0.25, -0.2) is 4.98 Å². The normalized spacial score (nSPS) is 10.7. The van der Waals surface area contributed by atoms with E-state index in [0.29, 0.717) is 23.5 Å². The van der Waals surface area contributed by atoms with Crippen LogP contribution < -0.4 is 16.0 Å². The van der Waals surface area contributed by atoms with E-state index in [1.165, 1.54) is 10.8 Å². The lowest BCUT2D eigenvalue weighted by atomic mass is 10.2. The molecule has 0 aliphatic carbocycles. The average Bonchev–Trinajstić information content (AvgIpc) is 2.52. The van der Waals surface area contributed by atoms with Gasteiger partial charge in [-0.2, -0.15) is 0 Å². The Morgan fingerprint density at radius 1 is 1.24 bits per heavy atom. The Morgan fingerprint density at radius 3 is 2.90 bits per heavy atom. The second-order valence-electron chi connectivity index (χ2n) is 4.48. The highest BCUT2D eigenvalue weighted by Gasteiger charge is 2.11. The van der Waals surface area contributed by atoms with E-state index in [1.807, 2.05) is 13.0 Å². The van der Waals surface area contributed by atoms with Crippen LogP contribution in [0.2, 0.25) is 0 Å². The number of fused-ring (bicyclic) bond motifs is 1. The maximum Gasteiger partial charge on any atom is 0.313 e. The van der Waals surface area contributed by atoms with Crippen molar-refractivity contribution in [2.45, 2.75) is 13.5 Å². The van der Waals surface area contributed by atoms with Crippen LogP contribution in [0, 0.1) is 0 Å². The maximum atomic E-state index is 12.1. The van der Waals surface area contributed by atoms with Crippen molar-refractivity contribution < 1.29 is 4.74 Å². The third-order valence-corrected chi connectivity index (χ3v) is 3.19. The minimum Gasteiger partial charge on any atom is -0.434 e. The molecule has 0 saturated carbocycles. The minimum atomic E-state index is -0.270. The molecule has 6 nitrogen and oxygen atoms in total. The molecule has 0 radical (unpaired) electrons. The summed E-state index contributed by atoms with van der Waals surface area (Å²) in [5, 5.41) is 0.741. The highest BCUT2D eigenvalue weighted by atomic mass is 16.5. The van der Waals surface area contributed by atoms with Gasteiger partial charge in [0.15, 0.2) is 0 Å². The fourth-order valence-corrected chi connectivity index (χ4v) is 2.11. The summed E-state index contributed by atoms with van der Waals surface area (Å²) < 4.78 is 7.21. The molecule has 2 N–H and O–H groups in total. The van der Waals surface area contributed by atoms with Crippen LogP contribution in [0.1, 0.15) is 6.92 Å². The quantitative estimate of drug-likeness (QED) is 0.744. The van der Waals surface area contributed by atoms with E-state index in [1.54, 1.807) is 30.6 Å². The molecule has 0 aliphatic rings. The van der Waals surface area contributed by atoms with E-state index in [9.17, 15) is 4.79 Å². The summed E-state index contributed by atoms with van der Waals surface area (Å²) in [7, 11) is 0. The molecule has 2 aromatic heterocycles. The van der Waals surface area contributed by atoms with Crippen molar-refractivity contribution >= 4 is 16.6 Å². The third kappa shape index (κ3) is 2.31. The molecule has 2 heterocycles. The van der Waals surface area contributed by atoms with Gasteiger partial charge in [0.2, 0.25) is 0 Å². The molecule has 21 heavy (non-hydrogen) atoms. The van der Waals surface area contributed by atoms with Crippen molar-refractivity contribution in [1.29, 1.82) is 0 Å². The summed E-state index contributed by atoms with van der Waals surface area (Å²) >= 11 is 0. The number of ether oxygens (including phenoxy) is 1. The third-order valence-electron chi connectivity index (χ3n) is 3.19. The number of aromatic nitrogens is 3. The lowest BCUT2D eigenvalue weighted by Gasteiger charge is -2.09. The Kier molecular flexibility index (Phi) is 3.27. The molecular formula is C15H14N4O2. The van der Waals surface area contributed by atoms with Gasteiger partial charge < -0.3 is 15.0 Å². The van der Waals surface area contributed by atoms with Gasteiger partial charge in [0.25, 0.3) is 5.88 Å². The number of aryl methyl sites for hydroxylation is 1. The zero-order chi connectivity index (χ0) is 14.8. The number of pyridine rings is 1. The van der Waals surface area contributed by atoms with Gasteiger partial charge >= 0.3 is 5.56 Å². The Balaban J connectivity index is 2.11. The van der Waals surface area contributed by atoms with Crippen LogP contribution in [0.3, 0.4) is 0 Å². The smallest absolute Gasteiger partial charge is 0.313 e. The number of rotatable bonds is 3. The van der Waals surface area contributed by atoms with Crippen molar-refractivity contribution in [2.75, 3.05) is 5.73 Å². The summed E-state index contributed by atoms with van der Waals surface area (Å²) in [5.41, 5.74) is 6.83. The van der Waals surface area contributed by atoms with Crippen LogP contribution in [0.15, 0.2) is 47.7 Å². The summed E-state index contributed by atoms with van der Waals surface area (Å²) in [6, 6.07) is 7.04. The average molecular weight is 282 g/mol. The van der Waals surface area contributed by atoms with Gasteiger partial charge in [-0.15, -0.1) is 0 Å². The second-order valence-corrected chi connectivity index (χ2v) is 4.48. The Labute approximate surface area is 120 Å². The molecule has 6 heteroatoms. The first-order chi connectivity index (χ1) is 10.2. The van der Waals surface area contributed by atoms with E-state index in [4.69, 9.17) is 10.5 Å². The van der Waals surface area contributed by atoms with Crippen molar-refractivity contribution in [1.82, 2.24) is 14.5 Å². The van der Waals surface area contributed by atoms with Crippen molar-refractivity contribution in [3.05, 3.63) is 53.2 Å². The van der Waals surface area contributed by atoms with Crippen molar-refractivity contribution in [3.8, 4) is 11.6 Å². The zero-order valence-electron chi connectivity index (χ0n) is 11.5. The molecule has 1 aromatic carbocycles. The van der Waals surface area contributed by atoms with Crippen LogP contribution in [-0.4, -0.2) is 14.5 Å². The van der Waals surface area contributed by atoms with E-state index >= 15 is 0 Å². The Bertz CT molecular complexity index is 858. The molecule has 0 spiro atoms. The largest absolute Gasteiger partial charge is 0.434 e. The van der Waals surface area contributed by atoms with Crippen LogP contribution in [0.5, 0.6) is 11.6 Å². The molecule has 3 rings (SSSR count). The van der Waals surface area contributed by atoms with Crippen LogP contribution in [-0.2, 0) is 6.54 Å². The first-order valence-electron chi connectivity index (χ1n) is 6.57. The highest BCUT2D eigenvalue weighted by Crippen LogP contribution is 2.30. The molecule has 0 fully saturated rings. The molecule has 3 aromatic rings. The zero-order valence-corrected chi connectivity index (χ0v) is 11.5. The van der Waals surface area contributed by atoms with Gasteiger partial charge in [0.05, 0.1) is 11.2 Å². The van der Waals surface area contributed by atoms with Gasteiger partial charge in [-0.3, -0.25) is 9.78 Å². The lowest BCUT2D eigenvalue weighted by molar-refractivity contribution is 0.450.